The molecule has 6 nitrogen and oxygen atoms in total. The fourth-order valence-electron chi connectivity index (χ4n) is 3.49. The van der Waals surface area contributed by atoms with Gasteiger partial charge in [0, 0.05) is 36.3 Å². The Morgan fingerprint density at radius 1 is 1.07 bits per heavy atom. The molecule has 27 heavy (non-hydrogen) atoms. The molecular weight excluding hydrogens is 358 g/mol. The van der Waals surface area contributed by atoms with Crippen LogP contribution in [0.15, 0.2) is 48.9 Å². The predicted molar refractivity (Wildman–Crippen MR) is 111 cm³/mol. The third-order valence-electron chi connectivity index (χ3n) is 4.83. The molecule has 0 radical (unpaired) electrons. The summed E-state index contributed by atoms with van der Waals surface area (Å²) >= 11 is 4.31. The first-order valence-electron chi connectivity index (χ1n) is 9.00. The SMILES string of the molecule is NC(=O)/C=C(\S)n1ncc2cc(-c3cncc(N4CCCCC4)c3)ccc21. The zero-order valence-corrected chi connectivity index (χ0v) is 15.8. The minimum atomic E-state index is -0.555. The molecule has 2 N–H and O–H groups in total. The maximum Gasteiger partial charge on any atom is 0.244 e. The number of primary amides is 1. The van der Waals surface area contributed by atoms with Crippen molar-refractivity contribution in [3.63, 3.8) is 0 Å². The zero-order chi connectivity index (χ0) is 18.8. The molecule has 1 fully saturated rings. The number of nitrogens with zero attached hydrogens (tertiary/aromatic N) is 4. The highest BCUT2D eigenvalue weighted by Crippen LogP contribution is 2.29. The first-order valence-corrected chi connectivity index (χ1v) is 9.45. The fourth-order valence-corrected chi connectivity index (χ4v) is 3.78. The Kier molecular flexibility index (Phi) is 4.85. The van der Waals surface area contributed by atoms with Crippen LogP contribution in [0.5, 0.6) is 0 Å². The van der Waals surface area contributed by atoms with E-state index in [0.717, 1.165) is 35.1 Å². The molecule has 138 valence electrons. The van der Waals surface area contributed by atoms with E-state index >= 15 is 0 Å². The van der Waals surface area contributed by atoms with Crippen LogP contribution >= 0.6 is 12.6 Å². The van der Waals surface area contributed by atoms with Gasteiger partial charge in [0.05, 0.1) is 23.6 Å². The predicted octanol–water partition coefficient (Wildman–Crippen LogP) is 3.30. The van der Waals surface area contributed by atoms with Gasteiger partial charge in [-0.3, -0.25) is 9.78 Å². The highest BCUT2D eigenvalue weighted by Gasteiger charge is 2.13. The van der Waals surface area contributed by atoms with Gasteiger partial charge in [-0.2, -0.15) is 5.10 Å². The van der Waals surface area contributed by atoms with Crippen LogP contribution in [0.2, 0.25) is 0 Å². The van der Waals surface area contributed by atoms with Crippen LogP contribution in [-0.2, 0) is 4.79 Å². The summed E-state index contributed by atoms with van der Waals surface area (Å²) in [6.07, 6.45) is 10.6. The second-order valence-electron chi connectivity index (χ2n) is 6.71. The van der Waals surface area contributed by atoms with Gasteiger partial charge in [-0.25, -0.2) is 4.68 Å². The molecule has 3 heterocycles. The summed E-state index contributed by atoms with van der Waals surface area (Å²) in [5, 5.41) is 5.66. The number of anilines is 1. The lowest BCUT2D eigenvalue weighted by molar-refractivity contribution is -0.113. The molecule has 0 unspecified atom stereocenters. The molecule has 4 rings (SSSR count). The lowest BCUT2D eigenvalue weighted by Gasteiger charge is -2.28. The Labute approximate surface area is 163 Å². The molecule has 1 aliphatic rings. The summed E-state index contributed by atoms with van der Waals surface area (Å²) in [4.78, 5) is 17.9. The summed E-state index contributed by atoms with van der Waals surface area (Å²) < 4.78 is 1.59. The van der Waals surface area contributed by atoms with Crippen molar-refractivity contribution >= 4 is 40.2 Å². The number of rotatable bonds is 4. The number of nitrogens with two attached hydrogens (primary N) is 1. The second-order valence-corrected chi connectivity index (χ2v) is 7.17. The molecule has 1 amide bonds. The fraction of sp³-hybridized carbons (Fsp3) is 0.250. The number of amides is 1. The molecule has 2 aromatic heterocycles. The Hall–Kier alpha value is -2.80. The van der Waals surface area contributed by atoms with Crippen molar-refractivity contribution in [2.24, 2.45) is 5.73 Å². The van der Waals surface area contributed by atoms with E-state index in [4.69, 9.17) is 5.73 Å². The number of piperidine rings is 1. The van der Waals surface area contributed by atoms with Crippen LogP contribution < -0.4 is 10.6 Å². The smallest absolute Gasteiger partial charge is 0.244 e. The number of aromatic nitrogens is 3. The Balaban J connectivity index is 1.68. The van der Waals surface area contributed by atoms with E-state index in [0.29, 0.717) is 5.03 Å². The molecule has 0 spiro atoms. The van der Waals surface area contributed by atoms with E-state index in [1.165, 1.54) is 31.0 Å². The van der Waals surface area contributed by atoms with Gasteiger partial charge in [-0.05, 0) is 43.0 Å². The topological polar surface area (TPSA) is 77.0 Å². The van der Waals surface area contributed by atoms with E-state index in [-0.39, 0.29) is 0 Å². The minimum Gasteiger partial charge on any atom is -0.370 e. The van der Waals surface area contributed by atoms with Crippen molar-refractivity contribution < 1.29 is 4.79 Å². The van der Waals surface area contributed by atoms with Crippen LogP contribution in [0.3, 0.4) is 0 Å². The normalized spacial score (nSPS) is 15.3. The average Bonchev–Trinajstić information content (AvgIpc) is 3.12. The Morgan fingerprint density at radius 2 is 1.89 bits per heavy atom. The zero-order valence-electron chi connectivity index (χ0n) is 14.9. The maximum absolute atomic E-state index is 11.1. The second kappa shape index (κ2) is 7.44. The molecule has 3 aromatic rings. The molecular formula is C20H21N5OS. The number of benzene rings is 1. The van der Waals surface area contributed by atoms with Crippen molar-refractivity contribution in [2.45, 2.75) is 19.3 Å². The van der Waals surface area contributed by atoms with Gasteiger partial charge in [0.25, 0.3) is 0 Å². The molecule has 7 heteroatoms. The van der Waals surface area contributed by atoms with Crippen molar-refractivity contribution in [1.82, 2.24) is 14.8 Å². The van der Waals surface area contributed by atoms with Gasteiger partial charge in [-0.15, -0.1) is 12.6 Å². The lowest BCUT2D eigenvalue weighted by Crippen LogP contribution is -2.29. The van der Waals surface area contributed by atoms with Gasteiger partial charge in [-0.1, -0.05) is 6.07 Å². The average molecular weight is 379 g/mol. The minimum absolute atomic E-state index is 0.388. The monoisotopic (exact) mass is 379 g/mol. The van der Waals surface area contributed by atoms with Crippen molar-refractivity contribution in [1.29, 1.82) is 0 Å². The molecule has 1 saturated heterocycles. The lowest BCUT2D eigenvalue weighted by atomic mass is 10.0. The summed E-state index contributed by atoms with van der Waals surface area (Å²) in [6, 6.07) is 8.27. The van der Waals surface area contributed by atoms with E-state index in [2.05, 4.69) is 39.7 Å². The highest BCUT2D eigenvalue weighted by molar-refractivity contribution is 7.90. The van der Waals surface area contributed by atoms with Crippen LogP contribution in [0, 0.1) is 0 Å². The first-order chi connectivity index (χ1) is 13.1. The Morgan fingerprint density at radius 3 is 2.67 bits per heavy atom. The number of carbonyl (C=O) groups excluding carboxylic acids is 1. The van der Waals surface area contributed by atoms with E-state index in [9.17, 15) is 4.79 Å². The number of hydrogen-bond donors (Lipinski definition) is 2. The van der Waals surface area contributed by atoms with Crippen LogP contribution in [0.4, 0.5) is 5.69 Å². The van der Waals surface area contributed by atoms with Crippen LogP contribution in [0.25, 0.3) is 27.1 Å². The summed E-state index contributed by atoms with van der Waals surface area (Å²) in [7, 11) is 0. The highest BCUT2D eigenvalue weighted by atomic mass is 32.1. The van der Waals surface area contributed by atoms with Crippen LogP contribution in [0.1, 0.15) is 19.3 Å². The van der Waals surface area contributed by atoms with Gasteiger partial charge < -0.3 is 10.6 Å². The van der Waals surface area contributed by atoms with Crippen LogP contribution in [-0.4, -0.2) is 33.8 Å². The maximum atomic E-state index is 11.1. The largest absolute Gasteiger partial charge is 0.370 e. The Bertz CT molecular complexity index is 1020. The van der Waals surface area contributed by atoms with E-state index in [1.54, 1.807) is 10.9 Å². The van der Waals surface area contributed by atoms with Gasteiger partial charge in [0.15, 0.2) is 0 Å². The van der Waals surface area contributed by atoms with Gasteiger partial charge in [0.1, 0.15) is 5.03 Å². The van der Waals surface area contributed by atoms with Crippen molar-refractivity contribution in [3.8, 4) is 11.1 Å². The number of pyridine rings is 1. The molecule has 0 bridgehead atoms. The molecule has 0 aliphatic carbocycles. The third kappa shape index (κ3) is 3.68. The van der Waals surface area contributed by atoms with Gasteiger partial charge >= 0.3 is 0 Å². The molecule has 0 atom stereocenters. The molecule has 1 aliphatic heterocycles. The number of hydrogen-bond acceptors (Lipinski definition) is 5. The first kappa shape index (κ1) is 17.6. The van der Waals surface area contributed by atoms with Gasteiger partial charge in [0.2, 0.25) is 5.91 Å². The summed E-state index contributed by atoms with van der Waals surface area (Å²) in [5.41, 5.74) is 9.39. The molecule has 0 saturated carbocycles. The summed E-state index contributed by atoms with van der Waals surface area (Å²) in [6.45, 7) is 2.18. The number of carbonyl (C=O) groups is 1. The number of thiol groups is 1. The standard InChI is InChI=1S/C20H21N5OS/c21-19(26)10-20(27)25-18-5-4-14(8-16(18)12-23-25)15-9-17(13-22-11-15)24-6-2-1-3-7-24/h4-5,8-13,27H,1-3,6-7H2,(H2,21,26)/b20-10-. The summed E-state index contributed by atoms with van der Waals surface area (Å²) in [5.74, 6) is -0.555. The van der Waals surface area contributed by atoms with E-state index in [1.807, 2.05) is 24.5 Å². The number of fused-ring (bicyclic) bond motifs is 1. The third-order valence-corrected chi connectivity index (χ3v) is 5.15. The molecule has 1 aromatic carbocycles. The quantitative estimate of drug-likeness (QED) is 0.539. The van der Waals surface area contributed by atoms with E-state index < -0.39 is 5.91 Å². The van der Waals surface area contributed by atoms with Crippen molar-refractivity contribution in [3.05, 3.63) is 48.9 Å². The van der Waals surface area contributed by atoms with Crippen molar-refractivity contribution in [2.75, 3.05) is 18.0 Å².